The van der Waals surface area contributed by atoms with Gasteiger partial charge in [-0.25, -0.2) is 0 Å². The summed E-state index contributed by atoms with van der Waals surface area (Å²) in [7, 11) is 0. The first-order chi connectivity index (χ1) is 4.16. The zero-order valence-corrected chi connectivity index (χ0v) is 5.85. The van der Waals surface area contributed by atoms with Gasteiger partial charge in [-0.05, 0) is 6.42 Å². The van der Waals surface area contributed by atoms with E-state index in [0.29, 0.717) is 13.0 Å². The van der Waals surface area contributed by atoms with Crippen LogP contribution in [0.2, 0.25) is 0 Å². The van der Waals surface area contributed by atoms with Gasteiger partial charge < -0.3 is 10.4 Å². The molecular weight excluding hydrogens is 118 g/mol. The van der Waals surface area contributed by atoms with Gasteiger partial charge in [-0.1, -0.05) is 6.92 Å². The van der Waals surface area contributed by atoms with Gasteiger partial charge in [-0.2, -0.15) is 0 Å². The highest BCUT2D eigenvalue weighted by atomic mass is 16.3. The molecule has 0 aliphatic carbocycles. The van der Waals surface area contributed by atoms with Crippen LogP contribution in [0.25, 0.3) is 0 Å². The molecule has 0 spiro atoms. The van der Waals surface area contributed by atoms with Gasteiger partial charge in [-0.3, -0.25) is 4.79 Å². The smallest absolute Gasteiger partial charge is 0.216 e. The number of rotatable bonds is 3. The van der Waals surface area contributed by atoms with Crippen molar-refractivity contribution in [2.75, 3.05) is 6.54 Å². The predicted molar refractivity (Wildman–Crippen MR) is 35.0 cm³/mol. The fourth-order valence-electron chi connectivity index (χ4n) is 0.406. The van der Waals surface area contributed by atoms with Gasteiger partial charge in [0.15, 0.2) is 0 Å². The Hall–Kier alpha value is -0.570. The summed E-state index contributed by atoms with van der Waals surface area (Å²) in [6, 6.07) is 0. The molecule has 0 saturated heterocycles. The molecule has 0 saturated carbocycles. The molecular formula is C6H13NO2. The van der Waals surface area contributed by atoms with Crippen molar-refractivity contribution in [3.8, 4) is 0 Å². The van der Waals surface area contributed by atoms with Crippen molar-refractivity contribution in [2.24, 2.45) is 0 Å². The number of hydrogen-bond donors (Lipinski definition) is 2. The van der Waals surface area contributed by atoms with E-state index < -0.39 is 6.10 Å². The van der Waals surface area contributed by atoms with Crippen LogP contribution in [0.1, 0.15) is 20.3 Å². The van der Waals surface area contributed by atoms with Crippen molar-refractivity contribution in [3.05, 3.63) is 0 Å². The summed E-state index contributed by atoms with van der Waals surface area (Å²) in [5.74, 6) is -0.0949. The molecule has 54 valence electrons. The van der Waals surface area contributed by atoms with Crippen molar-refractivity contribution >= 4 is 5.91 Å². The van der Waals surface area contributed by atoms with Crippen LogP contribution in [0.5, 0.6) is 0 Å². The fraction of sp³-hybridized carbons (Fsp3) is 0.833. The van der Waals surface area contributed by atoms with Crippen LogP contribution in [-0.4, -0.2) is 23.7 Å². The van der Waals surface area contributed by atoms with Crippen LogP contribution < -0.4 is 5.32 Å². The lowest BCUT2D eigenvalue weighted by Crippen LogP contribution is -2.29. The minimum atomic E-state index is -0.395. The maximum Gasteiger partial charge on any atom is 0.216 e. The van der Waals surface area contributed by atoms with Crippen molar-refractivity contribution in [1.82, 2.24) is 5.32 Å². The molecule has 1 amide bonds. The normalized spacial score (nSPS) is 12.8. The van der Waals surface area contributed by atoms with E-state index in [1.807, 2.05) is 6.92 Å². The first kappa shape index (κ1) is 8.43. The Morgan fingerprint density at radius 1 is 1.78 bits per heavy atom. The lowest BCUT2D eigenvalue weighted by molar-refractivity contribution is -0.119. The van der Waals surface area contributed by atoms with Crippen LogP contribution in [0.15, 0.2) is 0 Å². The lowest BCUT2D eigenvalue weighted by atomic mass is 10.3. The average Bonchev–Trinajstić information content (AvgIpc) is 1.83. The molecule has 0 rings (SSSR count). The molecule has 0 radical (unpaired) electrons. The summed E-state index contributed by atoms with van der Waals surface area (Å²) < 4.78 is 0. The zero-order valence-electron chi connectivity index (χ0n) is 5.85. The largest absolute Gasteiger partial charge is 0.391 e. The second kappa shape index (κ2) is 4.32. The van der Waals surface area contributed by atoms with Crippen LogP contribution in [0.4, 0.5) is 0 Å². The minimum absolute atomic E-state index is 0.0949. The van der Waals surface area contributed by atoms with Crippen LogP contribution >= 0.6 is 0 Å². The Balaban J connectivity index is 3.16. The van der Waals surface area contributed by atoms with E-state index in [9.17, 15) is 4.79 Å². The summed E-state index contributed by atoms with van der Waals surface area (Å²) >= 11 is 0. The van der Waals surface area contributed by atoms with E-state index >= 15 is 0 Å². The molecule has 3 heteroatoms. The lowest BCUT2D eigenvalue weighted by Gasteiger charge is -2.06. The molecule has 0 aliphatic heterocycles. The average molecular weight is 131 g/mol. The molecule has 1 atom stereocenters. The second-order valence-corrected chi connectivity index (χ2v) is 2.00. The number of aliphatic hydroxyl groups is 1. The molecule has 0 unspecified atom stereocenters. The SMILES string of the molecule is CC[C@H](O)CNC(C)=O. The van der Waals surface area contributed by atoms with Crippen molar-refractivity contribution < 1.29 is 9.90 Å². The Morgan fingerprint density at radius 2 is 2.33 bits per heavy atom. The third-order valence-electron chi connectivity index (χ3n) is 1.06. The molecule has 0 aromatic carbocycles. The Kier molecular flexibility index (Phi) is 4.05. The van der Waals surface area contributed by atoms with Crippen molar-refractivity contribution in [3.63, 3.8) is 0 Å². The number of aliphatic hydroxyl groups excluding tert-OH is 1. The van der Waals surface area contributed by atoms with E-state index in [1.165, 1.54) is 6.92 Å². The summed E-state index contributed by atoms with van der Waals surface area (Å²) in [6.45, 7) is 3.67. The monoisotopic (exact) mass is 131 g/mol. The maximum absolute atomic E-state index is 10.2. The fourth-order valence-corrected chi connectivity index (χ4v) is 0.406. The zero-order chi connectivity index (χ0) is 7.28. The molecule has 0 fully saturated rings. The van der Waals surface area contributed by atoms with Crippen LogP contribution in [-0.2, 0) is 4.79 Å². The molecule has 0 heterocycles. The Labute approximate surface area is 55.1 Å². The minimum Gasteiger partial charge on any atom is -0.391 e. The molecule has 3 nitrogen and oxygen atoms in total. The Morgan fingerprint density at radius 3 is 2.67 bits per heavy atom. The summed E-state index contributed by atoms with van der Waals surface area (Å²) in [6.07, 6.45) is 0.286. The quantitative estimate of drug-likeness (QED) is 0.561. The summed E-state index contributed by atoms with van der Waals surface area (Å²) in [4.78, 5) is 10.2. The van der Waals surface area contributed by atoms with Gasteiger partial charge in [0.1, 0.15) is 0 Å². The maximum atomic E-state index is 10.2. The van der Waals surface area contributed by atoms with E-state index in [2.05, 4.69) is 5.32 Å². The molecule has 0 aliphatic rings. The van der Waals surface area contributed by atoms with Crippen molar-refractivity contribution in [2.45, 2.75) is 26.4 Å². The van der Waals surface area contributed by atoms with Crippen LogP contribution in [0, 0.1) is 0 Å². The van der Waals surface area contributed by atoms with Gasteiger partial charge in [0.2, 0.25) is 5.91 Å². The van der Waals surface area contributed by atoms with Crippen LogP contribution in [0.3, 0.4) is 0 Å². The number of carbonyl (C=O) groups is 1. The summed E-state index contributed by atoms with van der Waals surface area (Å²) in [5.41, 5.74) is 0. The topological polar surface area (TPSA) is 49.3 Å². The molecule has 2 N–H and O–H groups in total. The van der Waals surface area contributed by atoms with Gasteiger partial charge >= 0.3 is 0 Å². The van der Waals surface area contributed by atoms with E-state index in [4.69, 9.17) is 5.11 Å². The van der Waals surface area contributed by atoms with E-state index in [0.717, 1.165) is 0 Å². The molecule has 0 bridgehead atoms. The number of nitrogens with one attached hydrogen (secondary N) is 1. The predicted octanol–water partition coefficient (Wildman–Crippen LogP) is -0.107. The van der Waals surface area contributed by atoms with E-state index in [-0.39, 0.29) is 5.91 Å². The Bertz CT molecular complexity index is 93.1. The third kappa shape index (κ3) is 5.30. The van der Waals surface area contributed by atoms with E-state index in [1.54, 1.807) is 0 Å². The number of amides is 1. The molecule has 9 heavy (non-hydrogen) atoms. The first-order valence-electron chi connectivity index (χ1n) is 3.09. The van der Waals surface area contributed by atoms with Gasteiger partial charge in [0.25, 0.3) is 0 Å². The highest BCUT2D eigenvalue weighted by Gasteiger charge is 1.98. The van der Waals surface area contributed by atoms with Crippen molar-refractivity contribution in [1.29, 1.82) is 0 Å². The highest BCUT2D eigenvalue weighted by Crippen LogP contribution is 1.85. The second-order valence-electron chi connectivity index (χ2n) is 2.00. The third-order valence-corrected chi connectivity index (χ3v) is 1.06. The standard InChI is InChI=1S/C6H13NO2/c1-3-6(9)4-7-5(2)8/h6,9H,3-4H2,1-2H3,(H,7,8)/t6-/m0/s1. The summed E-state index contributed by atoms with van der Waals surface area (Å²) in [5, 5.41) is 11.4. The highest BCUT2D eigenvalue weighted by molar-refractivity contribution is 5.72. The first-order valence-corrected chi connectivity index (χ1v) is 3.09. The van der Waals surface area contributed by atoms with Gasteiger partial charge in [-0.15, -0.1) is 0 Å². The number of carbonyl (C=O) groups excluding carboxylic acids is 1. The molecule has 0 aromatic rings. The number of hydrogen-bond acceptors (Lipinski definition) is 2. The molecule has 0 aromatic heterocycles. The van der Waals surface area contributed by atoms with Gasteiger partial charge in [0, 0.05) is 13.5 Å². The van der Waals surface area contributed by atoms with Gasteiger partial charge in [0.05, 0.1) is 6.10 Å².